The number of carbonyl (C=O) groups excluding carboxylic acids is 4. The van der Waals surface area contributed by atoms with Gasteiger partial charge in [-0.15, -0.1) is 0 Å². The first-order valence-corrected chi connectivity index (χ1v) is 21.0. The molecule has 55 heavy (non-hydrogen) atoms. The Kier molecular flexibility index (Phi) is 11.2. The largest absolute Gasteiger partial charge is 0.497 e. The second-order valence-corrected chi connectivity index (χ2v) is 19.9. The monoisotopic (exact) mass is 780 g/mol. The van der Waals surface area contributed by atoms with Gasteiger partial charge in [-0.25, -0.2) is 18.4 Å². The molecule has 2 aliphatic heterocycles. The number of hydrogen-bond acceptors (Lipinski definition) is 11. The number of Topliss-reactive ketones (excluding diaryl/α,β-unsaturated/α-hetero) is 1. The van der Waals surface area contributed by atoms with Crippen molar-refractivity contribution in [3.05, 3.63) is 36.0 Å². The topological polar surface area (TPSA) is 171 Å². The molecule has 14 heteroatoms. The van der Waals surface area contributed by atoms with Crippen molar-refractivity contribution in [2.24, 2.45) is 29.1 Å². The van der Waals surface area contributed by atoms with Gasteiger partial charge in [0.15, 0.2) is 5.78 Å². The van der Waals surface area contributed by atoms with E-state index in [0.29, 0.717) is 54.6 Å². The SMILES string of the molecule is COc1ccc2nc(C)c(O[C@@H]3C[C@H]4C(=O)C[C@]5(C(=O)NS(=O)(=O)C6(C)CC6)C[C@H]5/C=C\CC[C@@H](C)C[C@@H](C)[C@H](CC(=O)OC(C)(C)C)C(=O)N4C3)nc2c1. The molecule has 2 aromatic rings. The molecule has 0 radical (unpaired) electrons. The zero-order valence-electron chi connectivity index (χ0n) is 33.3. The summed E-state index contributed by atoms with van der Waals surface area (Å²) in [5.41, 5.74) is -0.294. The van der Waals surface area contributed by atoms with E-state index in [1.54, 1.807) is 59.9 Å². The summed E-state index contributed by atoms with van der Waals surface area (Å²) >= 11 is 0. The summed E-state index contributed by atoms with van der Waals surface area (Å²) < 4.78 is 45.3. The zero-order valence-corrected chi connectivity index (χ0v) is 34.2. The van der Waals surface area contributed by atoms with Gasteiger partial charge in [-0.2, -0.15) is 0 Å². The van der Waals surface area contributed by atoms with Crippen molar-refractivity contribution in [3.8, 4) is 11.6 Å². The number of hydrogen-bond donors (Lipinski definition) is 1. The molecule has 0 bridgehead atoms. The van der Waals surface area contributed by atoms with Crippen molar-refractivity contribution in [1.82, 2.24) is 19.6 Å². The van der Waals surface area contributed by atoms with Gasteiger partial charge in [0.1, 0.15) is 23.1 Å². The van der Waals surface area contributed by atoms with Crippen LogP contribution in [-0.2, 0) is 33.9 Å². The van der Waals surface area contributed by atoms with Crippen molar-refractivity contribution in [3.63, 3.8) is 0 Å². The number of methoxy groups -OCH3 is 1. The van der Waals surface area contributed by atoms with E-state index < -0.39 is 55.7 Å². The maximum atomic E-state index is 14.8. The zero-order chi connectivity index (χ0) is 40.1. The van der Waals surface area contributed by atoms with Crippen LogP contribution in [0.1, 0.15) is 105 Å². The number of ketones is 1. The van der Waals surface area contributed by atoms with Crippen LogP contribution in [0.4, 0.5) is 0 Å². The summed E-state index contributed by atoms with van der Waals surface area (Å²) in [6, 6.07) is 4.35. The van der Waals surface area contributed by atoms with Gasteiger partial charge in [0.05, 0.1) is 53.2 Å². The molecule has 2 amide bonds. The molecule has 13 nitrogen and oxygen atoms in total. The summed E-state index contributed by atoms with van der Waals surface area (Å²) in [5.74, 6) is -2.17. The summed E-state index contributed by atoms with van der Waals surface area (Å²) in [6.07, 6.45) is 6.42. The molecule has 1 saturated heterocycles. The number of aromatic nitrogens is 2. The van der Waals surface area contributed by atoms with Crippen LogP contribution in [0.15, 0.2) is 30.4 Å². The molecule has 3 fully saturated rings. The summed E-state index contributed by atoms with van der Waals surface area (Å²) in [5, 5.41) is 0. The Morgan fingerprint density at radius 3 is 2.47 bits per heavy atom. The highest BCUT2D eigenvalue weighted by atomic mass is 32.2. The molecule has 4 aliphatic rings. The number of benzene rings is 1. The van der Waals surface area contributed by atoms with Crippen molar-refractivity contribution in [2.75, 3.05) is 13.7 Å². The van der Waals surface area contributed by atoms with E-state index >= 15 is 0 Å². The highest BCUT2D eigenvalue weighted by molar-refractivity contribution is 7.91. The average molecular weight is 781 g/mol. The number of sulfonamides is 1. The fraction of sp³-hybridized carbons (Fsp3) is 0.659. The second kappa shape index (κ2) is 15.1. The molecule has 0 unspecified atom stereocenters. The predicted molar refractivity (Wildman–Crippen MR) is 205 cm³/mol. The normalized spacial score (nSPS) is 30.3. The smallest absolute Gasteiger partial charge is 0.307 e. The molecule has 1 aromatic carbocycles. The van der Waals surface area contributed by atoms with Crippen LogP contribution in [0.25, 0.3) is 11.0 Å². The lowest BCUT2D eigenvalue weighted by molar-refractivity contribution is -0.160. The second-order valence-electron chi connectivity index (χ2n) is 17.7. The van der Waals surface area contributed by atoms with E-state index in [9.17, 15) is 27.6 Å². The van der Waals surface area contributed by atoms with Gasteiger partial charge in [-0.1, -0.05) is 26.0 Å². The number of ether oxygens (including phenoxy) is 3. The summed E-state index contributed by atoms with van der Waals surface area (Å²) in [6.45, 7) is 12.8. The number of carbonyl (C=O) groups is 4. The molecule has 3 heterocycles. The Morgan fingerprint density at radius 2 is 1.80 bits per heavy atom. The highest BCUT2D eigenvalue weighted by Gasteiger charge is 2.62. The minimum absolute atomic E-state index is 0.0366. The standard InChI is InChI=1S/C41H56N4O9S/c1-24-11-9-10-12-27-21-41(27,38(49)44-55(50,51)40(7)15-16-40)22-34(46)33-19-29(53-36-26(3)42-31-14-13-28(52-8)18-32(31)43-36)23-45(33)37(48)30(25(2)17-24)20-35(47)54-39(4,5)6/h10,12-14,18,24-25,27,29-30,33H,9,11,15-17,19-23H2,1-8H3,(H,44,49)/b12-10-/t24-,25-,27-,29-,30+,33+,41-/m1/s1. The maximum absolute atomic E-state index is 14.8. The Bertz CT molecular complexity index is 1990. The Morgan fingerprint density at radius 1 is 1.07 bits per heavy atom. The van der Waals surface area contributed by atoms with E-state index in [1.165, 1.54) is 4.90 Å². The van der Waals surface area contributed by atoms with Crippen LogP contribution in [-0.4, -0.2) is 83.0 Å². The molecule has 1 aromatic heterocycles. The van der Waals surface area contributed by atoms with Crippen LogP contribution in [0.3, 0.4) is 0 Å². The molecule has 300 valence electrons. The first-order chi connectivity index (χ1) is 25.7. The summed E-state index contributed by atoms with van der Waals surface area (Å²) in [4.78, 5) is 67.6. The lowest BCUT2D eigenvalue weighted by Crippen LogP contribution is -2.48. The molecule has 2 saturated carbocycles. The minimum Gasteiger partial charge on any atom is -0.497 e. The Labute approximate surface area is 324 Å². The number of allylic oxidation sites excluding steroid dienone is 2. The number of amides is 2. The average Bonchev–Trinajstić information content (AvgIpc) is 3.98. The van der Waals surface area contributed by atoms with Crippen LogP contribution >= 0.6 is 0 Å². The van der Waals surface area contributed by atoms with Gasteiger partial charge in [0.2, 0.25) is 27.7 Å². The van der Waals surface area contributed by atoms with Crippen LogP contribution < -0.4 is 14.2 Å². The fourth-order valence-electron chi connectivity index (χ4n) is 8.15. The lowest BCUT2D eigenvalue weighted by Gasteiger charge is -2.32. The predicted octanol–water partition coefficient (Wildman–Crippen LogP) is 5.62. The molecule has 0 spiro atoms. The van der Waals surface area contributed by atoms with Crippen molar-refractivity contribution < 1.29 is 41.8 Å². The van der Waals surface area contributed by atoms with E-state index in [4.69, 9.17) is 19.2 Å². The Balaban J connectivity index is 1.35. The fourth-order valence-corrected chi connectivity index (χ4v) is 9.48. The van der Waals surface area contributed by atoms with Crippen LogP contribution in [0, 0.1) is 36.0 Å². The molecular weight excluding hydrogens is 725 g/mol. The molecule has 7 atom stereocenters. The first-order valence-electron chi connectivity index (χ1n) is 19.5. The van der Waals surface area contributed by atoms with Gasteiger partial charge >= 0.3 is 5.97 Å². The number of nitrogens with one attached hydrogen (secondary N) is 1. The third-order valence-corrected chi connectivity index (χ3v) is 14.0. The molecule has 1 N–H and O–H groups in total. The van der Waals surface area contributed by atoms with Gasteiger partial charge in [0.25, 0.3) is 0 Å². The van der Waals surface area contributed by atoms with E-state index in [1.807, 2.05) is 19.1 Å². The number of esters is 1. The lowest BCUT2D eigenvalue weighted by atomic mass is 9.82. The van der Waals surface area contributed by atoms with Crippen LogP contribution in [0.2, 0.25) is 0 Å². The third-order valence-electron chi connectivity index (χ3n) is 11.9. The van der Waals surface area contributed by atoms with Gasteiger partial charge < -0.3 is 19.1 Å². The molecule has 6 rings (SSSR count). The van der Waals surface area contributed by atoms with E-state index in [2.05, 4.69) is 16.6 Å². The molecular formula is C41H56N4O9S. The van der Waals surface area contributed by atoms with Crippen molar-refractivity contribution in [2.45, 2.75) is 129 Å². The number of nitrogens with zero attached hydrogens (tertiary/aromatic N) is 3. The number of fused-ring (bicyclic) bond motifs is 3. The van der Waals surface area contributed by atoms with E-state index in [0.717, 1.165) is 6.42 Å². The first kappa shape index (κ1) is 40.6. The van der Waals surface area contributed by atoms with Gasteiger partial charge in [-0.05, 0) is 103 Å². The quantitative estimate of drug-likeness (QED) is 0.261. The number of rotatable bonds is 8. The number of aryl methyl sites for hydroxylation is 1. The van der Waals surface area contributed by atoms with Crippen LogP contribution in [0.5, 0.6) is 11.6 Å². The van der Waals surface area contributed by atoms with Gasteiger partial charge in [0, 0.05) is 18.9 Å². The van der Waals surface area contributed by atoms with Gasteiger partial charge in [-0.3, -0.25) is 23.9 Å². The maximum Gasteiger partial charge on any atom is 0.307 e. The third kappa shape index (κ3) is 8.84. The van der Waals surface area contributed by atoms with E-state index in [-0.39, 0.29) is 61.1 Å². The Hall–Kier alpha value is -4.07. The summed E-state index contributed by atoms with van der Waals surface area (Å²) in [7, 11) is -2.39. The van der Waals surface area contributed by atoms with Crippen molar-refractivity contribution in [1.29, 1.82) is 0 Å². The molecule has 2 aliphatic carbocycles. The van der Waals surface area contributed by atoms with Crippen molar-refractivity contribution >= 4 is 44.6 Å². The minimum atomic E-state index is -3.95. The highest BCUT2D eigenvalue weighted by Crippen LogP contribution is 2.57.